The molecule has 3 aromatic carbocycles. The maximum Gasteiger partial charge on any atom is 0.222 e. The Morgan fingerprint density at radius 2 is 1.75 bits per heavy atom. The number of benzene rings is 3. The molecule has 3 aromatic rings. The molecule has 0 bridgehead atoms. The average Bonchev–Trinajstić information content (AvgIpc) is 3.17. The molecule has 1 fully saturated rings. The van der Waals surface area contributed by atoms with E-state index in [1.165, 1.54) is 5.56 Å². The zero-order valence-corrected chi connectivity index (χ0v) is 20.5. The molecule has 7 heteroatoms. The number of ether oxygens (including phenoxy) is 2. The van der Waals surface area contributed by atoms with Crippen molar-refractivity contribution in [1.82, 2.24) is 5.06 Å². The number of rotatable bonds is 4. The third kappa shape index (κ3) is 4.18. The van der Waals surface area contributed by atoms with Crippen LogP contribution < -0.4 is 16.2 Å². The largest absolute Gasteiger partial charge is 0.487 e. The summed E-state index contributed by atoms with van der Waals surface area (Å²) in [7, 11) is 1.80. The van der Waals surface area contributed by atoms with Crippen molar-refractivity contribution in [3.63, 3.8) is 0 Å². The van der Waals surface area contributed by atoms with Gasteiger partial charge in [0.05, 0.1) is 18.3 Å². The van der Waals surface area contributed by atoms with Crippen LogP contribution in [0.2, 0.25) is 0 Å². The quantitative estimate of drug-likeness (QED) is 0.508. The van der Waals surface area contributed by atoms with E-state index in [0.29, 0.717) is 19.0 Å². The minimum atomic E-state index is -0.916. The summed E-state index contributed by atoms with van der Waals surface area (Å²) in [6.45, 7) is 0.633. The fraction of sp³-hybridized carbons (Fsp3) is 0.345. The highest BCUT2D eigenvalue weighted by Gasteiger charge is 2.55. The molecular weight excluding hydrogens is 452 g/mol. The van der Waals surface area contributed by atoms with E-state index in [1.54, 1.807) is 12.1 Å². The van der Waals surface area contributed by atoms with Crippen LogP contribution in [-0.2, 0) is 21.9 Å². The minimum absolute atomic E-state index is 0.212. The van der Waals surface area contributed by atoms with Gasteiger partial charge in [-0.2, -0.15) is 0 Å². The van der Waals surface area contributed by atoms with Crippen LogP contribution in [0.5, 0.6) is 5.75 Å². The number of nitrogen functional groups attached to an aromatic ring is 1. The van der Waals surface area contributed by atoms with E-state index in [2.05, 4.69) is 24.3 Å². The predicted molar refractivity (Wildman–Crippen MR) is 140 cm³/mol. The van der Waals surface area contributed by atoms with Crippen molar-refractivity contribution >= 4 is 11.6 Å². The molecule has 36 heavy (non-hydrogen) atoms. The molecule has 186 valence electrons. The van der Waals surface area contributed by atoms with Gasteiger partial charge < -0.3 is 20.9 Å². The van der Waals surface area contributed by atoms with Gasteiger partial charge in [-0.3, -0.25) is 0 Å². The first kappa shape index (κ1) is 22.9. The molecule has 1 atom stereocenters. The van der Waals surface area contributed by atoms with Gasteiger partial charge in [0.1, 0.15) is 11.4 Å². The van der Waals surface area contributed by atoms with Gasteiger partial charge in [0.25, 0.3) is 0 Å². The Labute approximate surface area is 211 Å². The Morgan fingerprint density at radius 3 is 2.47 bits per heavy atom. The SMILES string of the molecule is CN1OC2(CC3(CCC(OCc4ccccc4)CC3)Oc3ccc(-c4cccc(N)c4)cc32)N=C1N. The normalized spacial score (nSPS) is 27.1. The van der Waals surface area contributed by atoms with Gasteiger partial charge in [0.15, 0.2) is 0 Å². The average molecular weight is 485 g/mol. The second kappa shape index (κ2) is 8.84. The van der Waals surface area contributed by atoms with Gasteiger partial charge in [-0.25, -0.2) is 14.9 Å². The van der Waals surface area contributed by atoms with Crippen LogP contribution in [0.3, 0.4) is 0 Å². The summed E-state index contributed by atoms with van der Waals surface area (Å²) < 4.78 is 13.0. The molecule has 7 nitrogen and oxygen atoms in total. The Hall–Kier alpha value is -3.55. The summed E-state index contributed by atoms with van der Waals surface area (Å²) >= 11 is 0. The molecule has 2 heterocycles. The monoisotopic (exact) mass is 484 g/mol. The smallest absolute Gasteiger partial charge is 0.222 e. The van der Waals surface area contributed by atoms with Crippen LogP contribution in [0.25, 0.3) is 11.1 Å². The molecular formula is C29H32N4O3. The molecule has 1 unspecified atom stereocenters. The molecule has 1 saturated carbocycles. The van der Waals surface area contributed by atoms with Gasteiger partial charge in [0.2, 0.25) is 11.7 Å². The van der Waals surface area contributed by atoms with Gasteiger partial charge in [-0.1, -0.05) is 48.5 Å². The summed E-state index contributed by atoms with van der Waals surface area (Å²) in [4.78, 5) is 11.2. The topological polar surface area (TPSA) is 95.3 Å². The molecule has 6 rings (SSSR count). The number of aliphatic imine (C=N–C) groups is 1. The summed E-state index contributed by atoms with van der Waals surface area (Å²) in [5.74, 6) is 1.16. The van der Waals surface area contributed by atoms with Crippen molar-refractivity contribution in [1.29, 1.82) is 0 Å². The van der Waals surface area contributed by atoms with Crippen molar-refractivity contribution in [2.75, 3.05) is 12.8 Å². The van der Waals surface area contributed by atoms with E-state index in [9.17, 15) is 0 Å². The Morgan fingerprint density at radius 1 is 0.972 bits per heavy atom. The summed E-state index contributed by atoms with van der Waals surface area (Å²) in [5, 5.41) is 1.56. The molecule has 2 spiro atoms. The molecule has 0 radical (unpaired) electrons. The van der Waals surface area contributed by atoms with E-state index < -0.39 is 5.72 Å². The van der Waals surface area contributed by atoms with Crippen LogP contribution >= 0.6 is 0 Å². The third-order valence-electron chi connectivity index (χ3n) is 7.59. The maximum atomic E-state index is 6.75. The zero-order valence-electron chi connectivity index (χ0n) is 20.5. The van der Waals surface area contributed by atoms with Gasteiger partial charge >= 0.3 is 0 Å². The van der Waals surface area contributed by atoms with E-state index in [1.807, 2.05) is 48.5 Å². The summed E-state index contributed by atoms with van der Waals surface area (Å²) in [6.07, 6.45) is 4.40. The molecule has 2 aliphatic heterocycles. The lowest BCUT2D eigenvalue weighted by Gasteiger charge is -2.48. The first-order valence-electron chi connectivity index (χ1n) is 12.6. The highest BCUT2D eigenvalue weighted by molar-refractivity contribution is 5.79. The van der Waals surface area contributed by atoms with Crippen molar-refractivity contribution in [3.8, 4) is 16.9 Å². The number of nitrogens with two attached hydrogens (primary N) is 2. The van der Waals surface area contributed by atoms with E-state index in [-0.39, 0.29) is 11.7 Å². The number of hydrogen-bond acceptors (Lipinski definition) is 7. The fourth-order valence-electron chi connectivity index (χ4n) is 5.70. The Bertz CT molecular complexity index is 1290. The first-order chi connectivity index (χ1) is 17.4. The Balaban J connectivity index is 1.27. The molecule has 4 N–H and O–H groups in total. The number of guanidine groups is 1. The second-order valence-corrected chi connectivity index (χ2v) is 10.1. The summed E-state index contributed by atoms with van der Waals surface area (Å²) in [5.41, 5.74) is 15.8. The maximum absolute atomic E-state index is 6.75. The lowest BCUT2D eigenvalue weighted by molar-refractivity contribution is -0.210. The van der Waals surface area contributed by atoms with Crippen LogP contribution in [-0.4, -0.2) is 29.8 Å². The third-order valence-corrected chi connectivity index (χ3v) is 7.59. The molecule has 0 aromatic heterocycles. The van der Waals surface area contributed by atoms with E-state index in [4.69, 9.17) is 30.8 Å². The fourth-order valence-corrected chi connectivity index (χ4v) is 5.70. The van der Waals surface area contributed by atoms with Gasteiger partial charge in [-0.05, 0) is 66.6 Å². The van der Waals surface area contributed by atoms with Crippen molar-refractivity contribution in [2.24, 2.45) is 10.7 Å². The van der Waals surface area contributed by atoms with E-state index >= 15 is 0 Å². The number of hydroxylamine groups is 2. The van der Waals surface area contributed by atoms with Crippen LogP contribution in [0.1, 0.15) is 43.2 Å². The van der Waals surface area contributed by atoms with Crippen molar-refractivity contribution < 1.29 is 14.3 Å². The van der Waals surface area contributed by atoms with Crippen LogP contribution in [0, 0.1) is 0 Å². The highest BCUT2D eigenvalue weighted by atomic mass is 16.7. The van der Waals surface area contributed by atoms with E-state index in [0.717, 1.165) is 53.8 Å². The second-order valence-electron chi connectivity index (χ2n) is 10.1. The van der Waals surface area contributed by atoms with Gasteiger partial charge in [0, 0.05) is 19.2 Å². The number of nitrogens with zero attached hydrogens (tertiary/aromatic N) is 2. The number of fused-ring (bicyclic) bond motifs is 2. The Kier molecular flexibility index (Phi) is 5.62. The molecule has 3 aliphatic rings. The molecule has 1 aliphatic carbocycles. The highest BCUT2D eigenvalue weighted by Crippen LogP contribution is 2.53. The number of hydrogen-bond donors (Lipinski definition) is 2. The predicted octanol–water partition coefficient (Wildman–Crippen LogP) is 4.96. The van der Waals surface area contributed by atoms with Crippen LogP contribution in [0.15, 0.2) is 77.8 Å². The standard InChI is InChI=1S/C29H32N4O3/c1-33-27(31)32-29(36-33)19-28(14-12-24(13-15-28)34-18-20-6-3-2-4-7-20)35-26-11-10-22(17-25(26)29)21-8-5-9-23(30)16-21/h2-11,16-17,24H,12-15,18-19,30H2,1H3,(H2,31,32). The lowest BCUT2D eigenvalue weighted by atomic mass is 9.74. The zero-order chi connectivity index (χ0) is 24.8. The summed E-state index contributed by atoms with van der Waals surface area (Å²) in [6, 6.07) is 24.4. The minimum Gasteiger partial charge on any atom is -0.487 e. The van der Waals surface area contributed by atoms with Crippen LogP contribution in [0.4, 0.5) is 5.69 Å². The van der Waals surface area contributed by atoms with Crippen molar-refractivity contribution in [3.05, 3.63) is 83.9 Å². The first-order valence-corrected chi connectivity index (χ1v) is 12.6. The van der Waals surface area contributed by atoms with Crippen molar-refractivity contribution in [2.45, 2.75) is 56.1 Å². The van der Waals surface area contributed by atoms with Gasteiger partial charge in [-0.15, -0.1) is 0 Å². The molecule has 0 saturated heterocycles. The number of anilines is 1. The molecule has 0 amide bonds. The lowest BCUT2D eigenvalue weighted by Crippen LogP contribution is -2.51.